The van der Waals surface area contributed by atoms with Crippen molar-refractivity contribution in [2.45, 2.75) is 25.4 Å². The van der Waals surface area contributed by atoms with Gasteiger partial charge in [0.05, 0.1) is 5.56 Å². The highest BCUT2D eigenvalue weighted by molar-refractivity contribution is 6.08. The molecule has 180 valence electrons. The number of alkyl halides is 3. The molecule has 2 amide bonds. The van der Waals surface area contributed by atoms with Crippen molar-refractivity contribution in [3.05, 3.63) is 77.1 Å². The van der Waals surface area contributed by atoms with Crippen LogP contribution in [0.3, 0.4) is 0 Å². The smallest absolute Gasteiger partial charge is 0.416 e. The van der Waals surface area contributed by atoms with Crippen molar-refractivity contribution in [1.29, 1.82) is 0 Å². The molecular weight excluding hydrogens is 466 g/mol. The largest absolute Gasteiger partial charge is 0.454 e. The molecular formula is C25H19F4N3O3. The molecule has 0 atom stereocenters. The highest BCUT2D eigenvalue weighted by Gasteiger charge is 2.33. The zero-order valence-electron chi connectivity index (χ0n) is 18.2. The average molecular weight is 485 g/mol. The number of nitrogens with one attached hydrogen (secondary N) is 1. The second-order valence-corrected chi connectivity index (χ2v) is 8.38. The molecule has 35 heavy (non-hydrogen) atoms. The standard InChI is InChI=1S/C25H19F4N3O3/c26-18-13-15(25(27,28)29)9-10-20(18)35-19-4-1-3-17-16(19)11-12-32(24(17)34)22-6-2-5-21(30-22)31-23(33)14-7-8-14/h1-6,9-10,13-14H,7-8,11-12H2,(H,30,31,33). The minimum Gasteiger partial charge on any atom is -0.454 e. The van der Waals surface area contributed by atoms with E-state index >= 15 is 0 Å². The van der Waals surface area contributed by atoms with E-state index in [1.54, 1.807) is 30.3 Å². The van der Waals surface area contributed by atoms with Gasteiger partial charge in [-0.15, -0.1) is 0 Å². The zero-order chi connectivity index (χ0) is 24.7. The molecule has 10 heteroatoms. The van der Waals surface area contributed by atoms with Crippen LogP contribution in [0.15, 0.2) is 54.6 Å². The van der Waals surface area contributed by atoms with Crippen LogP contribution in [0.25, 0.3) is 0 Å². The molecule has 0 saturated heterocycles. The number of anilines is 2. The Morgan fingerprint density at radius 2 is 1.83 bits per heavy atom. The molecule has 1 fully saturated rings. The van der Waals surface area contributed by atoms with Gasteiger partial charge in [0.2, 0.25) is 5.91 Å². The van der Waals surface area contributed by atoms with Crippen molar-refractivity contribution < 1.29 is 31.9 Å². The number of carbonyl (C=O) groups is 2. The van der Waals surface area contributed by atoms with Crippen LogP contribution in [0.5, 0.6) is 11.5 Å². The van der Waals surface area contributed by atoms with E-state index in [4.69, 9.17) is 4.74 Å². The van der Waals surface area contributed by atoms with Crippen LogP contribution in [-0.4, -0.2) is 23.3 Å². The number of amides is 2. The Morgan fingerprint density at radius 1 is 1.06 bits per heavy atom. The molecule has 2 aliphatic rings. The van der Waals surface area contributed by atoms with Crippen molar-refractivity contribution in [1.82, 2.24) is 4.98 Å². The summed E-state index contributed by atoms with van der Waals surface area (Å²) in [5.41, 5.74) is -0.284. The first-order chi connectivity index (χ1) is 16.7. The Morgan fingerprint density at radius 3 is 2.54 bits per heavy atom. The SMILES string of the molecule is O=C(Nc1cccc(N2CCc3c(Oc4ccc(C(F)(F)F)cc4F)cccc3C2=O)n1)C1CC1. The molecule has 2 heterocycles. The summed E-state index contributed by atoms with van der Waals surface area (Å²) < 4.78 is 58.3. The molecule has 1 aliphatic carbocycles. The third-order valence-corrected chi connectivity index (χ3v) is 5.88. The maximum atomic E-state index is 14.3. The summed E-state index contributed by atoms with van der Waals surface area (Å²) in [4.78, 5) is 31.2. The number of carbonyl (C=O) groups excluding carboxylic acids is 2. The Bertz CT molecular complexity index is 1320. The van der Waals surface area contributed by atoms with Crippen LogP contribution in [-0.2, 0) is 17.4 Å². The van der Waals surface area contributed by atoms with Gasteiger partial charge in [0.1, 0.15) is 17.4 Å². The molecule has 1 saturated carbocycles. The van der Waals surface area contributed by atoms with Crippen molar-refractivity contribution in [3.8, 4) is 11.5 Å². The first-order valence-corrected chi connectivity index (χ1v) is 11.0. The van der Waals surface area contributed by atoms with Gasteiger partial charge < -0.3 is 10.1 Å². The van der Waals surface area contributed by atoms with Crippen molar-refractivity contribution in [2.24, 2.45) is 5.92 Å². The van der Waals surface area contributed by atoms with Gasteiger partial charge in [-0.1, -0.05) is 12.1 Å². The van der Waals surface area contributed by atoms with E-state index < -0.39 is 17.6 Å². The minimum absolute atomic E-state index is 0.0110. The van der Waals surface area contributed by atoms with Crippen LogP contribution in [0, 0.1) is 11.7 Å². The lowest BCUT2D eigenvalue weighted by Crippen LogP contribution is -2.38. The number of ether oxygens (including phenoxy) is 1. The summed E-state index contributed by atoms with van der Waals surface area (Å²) in [5, 5.41) is 2.76. The Hall–Kier alpha value is -3.95. The van der Waals surface area contributed by atoms with Gasteiger partial charge in [-0.05, 0) is 61.7 Å². The molecule has 2 aromatic carbocycles. The fraction of sp³-hybridized carbons (Fsp3) is 0.240. The predicted molar refractivity (Wildman–Crippen MR) is 119 cm³/mol. The monoisotopic (exact) mass is 485 g/mol. The number of nitrogens with zero attached hydrogens (tertiary/aromatic N) is 2. The maximum Gasteiger partial charge on any atom is 0.416 e. The number of hydrogen-bond donors (Lipinski definition) is 1. The second-order valence-electron chi connectivity index (χ2n) is 8.38. The highest BCUT2D eigenvalue weighted by Crippen LogP contribution is 2.36. The minimum atomic E-state index is -4.67. The van der Waals surface area contributed by atoms with E-state index in [0.29, 0.717) is 35.2 Å². The lowest BCUT2D eigenvalue weighted by atomic mass is 9.98. The first-order valence-electron chi connectivity index (χ1n) is 11.0. The highest BCUT2D eigenvalue weighted by atomic mass is 19.4. The summed E-state index contributed by atoms with van der Waals surface area (Å²) in [7, 11) is 0. The Labute approximate surface area is 197 Å². The third-order valence-electron chi connectivity index (χ3n) is 5.88. The van der Waals surface area contributed by atoms with E-state index in [9.17, 15) is 27.2 Å². The van der Waals surface area contributed by atoms with Crippen LogP contribution in [0.4, 0.5) is 29.2 Å². The lowest BCUT2D eigenvalue weighted by Gasteiger charge is -2.29. The predicted octanol–water partition coefficient (Wildman–Crippen LogP) is 5.58. The van der Waals surface area contributed by atoms with Gasteiger partial charge in [-0.2, -0.15) is 13.2 Å². The number of pyridine rings is 1. The molecule has 0 spiro atoms. The van der Waals surface area contributed by atoms with E-state index in [0.717, 1.165) is 25.0 Å². The molecule has 5 rings (SSSR count). The van der Waals surface area contributed by atoms with Gasteiger partial charge in [0, 0.05) is 23.6 Å². The van der Waals surface area contributed by atoms with E-state index in [1.807, 2.05) is 0 Å². The van der Waals surface area contributed by atoms with E-state index in [1.165, 1.54) is 11.0 Å². The number of hydrogen-bond acceptors (Lipinski definition) is 4. The van der Waals surface area contributed by atoms with E-state index in [-0.39, 0.29) is 35.8 Å². The van der Waals surface area contributed by atoms with Crippen LogP contribution < -0.4 is 15.0 Å². The Balaban J connectivity index is 1.38. The normalized spacial score (nSPS) is 15.5. The van der Waals surface area contributed by atoms with Gasteiger partial charge in [0.15, 0.2) is 11.6 Å². The van der Waals surface area contributed by atoms with Gasteiger partial charge in [-0.25, -0.2) is 9.37 Å². The molecule has 1 N–H and O–H groups in total. The maximum absolute atomic E-state index is 14.3. The molecule has 3 aromatic rings. The Kier molecular flexibility index (Phi) is 5.66. The fourth-order valence-electron chi connectivity index (χ4n) is 3.90. The molecule has 0 radical (unpaired) electrons. The van der Waals surface area contributed by atoms with Gasteiger partial charge >= 0.3 is 6.18 Å². The van der Waals surface area contributed by atoms with Crippen molar-refractivity contribution in [2.75, 3.05) is 16.8 Å². The number of rotatable bonds is 5. The van der Waals surface area contributed by atoms with Gasteiger partial charge in [-0.3, -0.25) is 14.5 Å². The van der Waals surface area contributed by atoms with Crippen molar-refractivity contribution >= 4 is 23.5 Å². The summed E-state index contributed by atoms with van der Waals surface area (Å²) >= 11 is 0. The summed E-state index contributed by atoms with van der Waals surface area (Å²) in [6.07, 6.45) is -2.62. The van der Waals surface area contributed by atoms with Gasteiger partial charge in [0.25, 0.3) is 5.91 Å². The number of fused-ring (bicyclic) bond motifs is 1. The molecule has 6 nitrogen and oxygen atoms in total. The average Bonchev–Trinajstić information content (AvgIpc) is 3.66. The van der Waals surface area contributed by atoms with Crippen LogP contribution >= 0.6 is 0 Å². The fourth-order valence-corrected chi connectivity index (χ4v) is 3.90. The number of benzene rings is 2. The summed E-state index contributed by atoms with van der Waals surface area (Å²) in [5.74, 6) is -1.06. The lowest BCUT2D eigenvalue weighted by molar-refractivity contribution is -0.137. The molecule has 0 unspecified atom stereocenters. The summed E-state index contributed by atoms with van der Waals surface area (Å²) in [6, 6.07) is 11.7. The summed E-state index contributed by atoms with van der Waals surface area (Å²) in [6.45, 7) is 0.245. The van der Waals surface area contributed by atoms with Crippen molar-refractivity contribution in [3.63, 3.8) is 0 Å². The first kappa shape index (κ1) is 22.8. The second kappa shape index (κ2) is 8.68. The van der Waals surface area contributed by atoms with Crippen LogP contribution in [0.1, 0.15) is 34.3 Å². The molecule has 1 aromatic heterocycles. The molecule has 1 aliphatic heterocycles. The number of aromatic nitrogens is 1. The number of halogens is 4. The topological polar surface area (TPSA) is 71.5 Å². The quantitative estimate of drug-likeness (QED) is 0.479. The third kappa shape index (κ3) is 4.68. The zero-order valence-corrected chi connectivity index (χ0v) is 18.2. The van der Waals surface area contributed by atoms with Crippen LogP contribution in [0.2, 0.25) is 0 Å². The van der Waals surface area contributed by atoms with E-state index in [2.05, 4.69) is 10.3 Å². The molecule has 0 bridgehead atoms.